The summed E-state index contributed by atoms with van der Waals surface area (Å²) in [7, 11) is 0. The average molecular weight is 225 g/mol. The second-order valence-corrected chi connectivity index (χ2v) is 4.10. The van der Waals surface area contributed by atoms with Gasteiger partial charge in [-0.05, 0) is 18.1 Å². The smallest absolute Gasteiger partial charge is 0.179 e. The van der Waals surface area contributed by atoms with Crippen LogP contribution in [-0.2, 0) is 0 Å². The Bertz CT molecular complexity index is 500. The van der Waals surface area contributed by atoms with Gasteiger partial charge in [0.15, 0.2) is 5.78 Å². The molecule has 0 bridgehead atoms. The molecule has 0 aliphatic carbocycles. The van der Waals surface area contributed by atoms with Crippen LogP contribution in [0.4, 0.5) is 0 Å². The minimum atomic E-state index is -0.447. The van der Waals surface area contributed by atoms with Crippen LogP contribution < -0.4 is 5.73 Å². The van der Waals surface area contributed by atoms with Crippen molar-refractivity contribution in [2.45, 2.75) is 13.0 Å². The molecule has 0 saturated carbocycles. The Kier molecular flexibility index (Phi) is 3.35. The first kappa shape index (κ1) is 11.6. The molecule has 0 aliphatic heterocycles. The number of hydrogen-bond acceptors (Lipinski definition) is 2. The molecule has 2 rings (SSSR count). The third kappa shape index (κ3) is 2.60. The van der Waals surface area contributed by atoms with Gasteiger partial charge in [-0.1, -0.05) is 54.6 Å². The van der Waals surface area contributed by atoms with Gasteiger partial charge in [0.25, 0.3) is 0 Å². The predicted molar refractivity (Wildman–Crippen MR) is 69.9 cm³/mol. The Labute approximate surface area is 101 Å². The molecule has 2 nitrogen and oxygen atoms in total. The quantitative estimate of drug-likeness (QED) is 0.816. The van der Waals surface area contributed by atoms with Crippen molar-refractivity contribution in [3.63, 3.8) is 0 Å². The molecule has 2 aromatic rings. The van der Waals surface area contributed by atoms with E-state index < -0.39 is 6.04 Å². The highest BCUT2D eigenvalue weighted by Crippen LogP contribution is 2.19. The predicted octanol–water partition coefficient (Wildman–Crippen LogP) is 2.88. The summed E-state index contributed by atoms with van der Waals surface area (Å²) in [5.41, 5.74) is 8.48. The Morgan fingerprint density at radius 1 is 0.941 bits per heavy atom. The molecule has 0 radical (unpaired) electrons. The van der Waals surface area contributed by atoms with E-state index in [9.17, 15) is 4.79 Å². The molecule has 1 unspecified atom stereocenters. The van der Waals surface area contributed by atoms with Crippen molar-refractivity contribution in [3.05, 3.63) is 60.2 Å². The largest absolute Gasteiger partial charge is 0.321 e. The summed E-state index contributed by atoms with van der Waals surface area (Å²) in [5.74, 6) is -0.0235. The Hall–Kier alpha value is -1.93. The molecular formula is C15H15NO. The van der Waals surface area contributed by atoms with Crippen LogP contribution >= 0.6 is 0 Å². The Balaban J connectivity index is 2.28. The van der Waals surface area contributed by atoms with Gasteiger partial charge in [0.2, 0.25) is 0 Å². The van der Waals surface area contributed by atoms with E-state index in [2.05, 4.69) is 0 Å². The van der Waals surface area contributed by atoms with Crippen LogP contribution in [0.2, 0.25) is 0 Å². The summed E-state index contributed by atoms with van der Waals surface area (Å²) in [5, 5.41) is 0. The van der Waals surface area contributed by atoms with Crippen LogP contribution in [0.25, 0.3) is 11.1 Å². The fraction of sp³-hybridized carbons (Fsp3) is 0.133. The second kappa shape index (κ2) is 4.93. The van der Waals surface area contributed by atoms with E-state index in [0.717, 1.165) is 11.1 Å². The molecule has 2 aromatic carbocycles. The molecule has 86 valence electrons. The molecule has 1 atom stereocenters. The van der Waals surface area contributed by atoms with Crippen LogP contribution in [0.1, 0.15) is 17.3 Å². The van der Waals surface area contributed by atoms with Crippen molar-refractivity contribution < 1.29 is 4.79 Å². The van der Waals surface area contributed by atoms with E-state index in [1.165, 1.54) is 0 Å². The van der Waals surface area contributed by atoms with Crippen molar-refractivity contribution in [2.24, 2.45) is 5.73 Å². The monoisotopic (exact) mass is 225 g/mol. The average Bonchev–Trinajstić information content (AvgIpc) is 2.39. The molecule has 0 heterocycles. The molecule has 2 heteroatoms. The molecule has 0 fully saturated rings. The fourth-order valence-corrected chi connectivity index (χ4v) is 1.72. The third-order valence-corrected chi connectivity index (χ3v) is 2.69. The molecule has 0 saturated heterocycles. The van der Waals surface area contributed by atoms with E-state index in [0.29, 0.717) is 5.56 Å². The zero-order valence-electron chi connectivity index (χ0n) is 9.76. The molecule has 0 spiro atoms. The van der Waals surface area contributed by atoms with E-state index in [1.807, 2.05) is 54.6 Å². The lowest BCUT2D eigenvalue weighted by Crippen LogP contribution is -2.26. The summed E-state index contributed by atoms with van der Waals surface area (Å²) in [6.07, 6.45) is 0. The van der Waals surface area contributed by atoms with Crippen LogP contribution in [0, 0.1) is 0 Å². The third-order valence-electron chi connectivity index (χ3n) is 2.69. The molecule has 0 aliphatic rings. The van der Waals surface area contributed by atoms with E-state index >= 15 is 0 Å². The molecule has 2 N–H and O–H groups in total. The minimum Gasteiger partial charge on any atom is -0.321 e. The maximum Gasteiger partial charge on any atom is 0.179 e. The van der Waals surface area contributed by atoms with Crippen LogP contribution in [0.15, 0.2) is 54.6 Å². The first-order valence-corrected chi connectivity index (χ1v) is 5.64. The van der Waals surface area contributed by atoms with Crippen molar-refractivity contribution in [3.8, 4) is 11.1 Å². The van der Waals surface area contributed by atoms with E-state index in [-0.39, 0.29) is 5.78 Å². The zero-order chi connectivity index (χ0) is 12.3. The summed E-state index contributed by atoms with van der Waals surface area (Å²) >= 11 is 0. The standard InChI is InChI=1S/C15H15NO/c1-11(16)15(17)14-9-7-13(8-10-14)12-5-3-2-4-6-12/h2-11H,16H2,1H3. The van der Waals surface area contributed by atoms with Crippen LogP contribution in [0.5, 0.6) is 0 Å². The molecule has 0 aromatic heterocycles. The Morgan fingerprint density at radius 3 is 2.00 bits per heavy atom. The minimum absolute atomic E-state index is 0.0235. The summed E-state index contributed by atoms with van der Waals surface area (Å²) in [6, 6.07) is 17.2. The topological polar surface area (TPSA) is 43.1 Å². The number of carbonyl (C=O) groups is 1. The number of hydrogen-bond donors (Lipinski definition) is 1. The summed E-state index contributed by atoms with van der Waals surface area (Å²) in [6.45, 7) is 1.70. The molecular weight excluding hydrogens is 210 g/mol. The number of benzene rings is 2. The first-order valence-electron chi connectivity index (χ1n) is 5.64. The fourth-order valence-electron chi connectivity index (χ4n) is 1.72. The number of Topliss-reactive ketones (excluding diaryl/α,β-unsaturated/α-hetero) is 1. The van der Waals surface area contributed by atoms with Gasteiger partial charge in [-0.15, -0.1) is 0 Å². The van der Waals surface area contributed by atoms with Crippen molar-refractivity contribution in [1.29, 1.82) is 0 Å². The van der Waals surface area contributed by atoms with Gasteiger partial charge in [-0.2, -0.15) is 0 Å². The Morgan fingerprint density at radius 2 is 1.47 bits per heavy atom. The number of ketones is 1. The highest BCUT2D eigenvalue weighted by Gasteiger charge is 2.10. The first-order chi connectivity index (χ1) is 8.18. The lowest BCUT2D eigenvalue weighted by Gasteiger charge is -2.06. The van der Waals surface area contributed by atoms with Crippen molar-refractivity contribution in [2.75, 3.05) is 0 Å². The van der Waals surface area contributed by atoms with Crippen molar-refractivity contribution in [1.82, 2.24) is 0 Å². The van der Waals surface area contributed by atoms with E-state index in [4.69, 9.17) is 5.73 Å². The second-order valence-electron chi connectivity index (χ2n) is 4.10. The van der Waals surface area contributed by atoms with Gasteiger partial charge in [-0.25, -0.2) is 0 Å². The number of nitrogens with two attached hydrogens (primary N) is 1. The number of carbonyl (C=O) groups excluding carboxylic acids is 1. The maximum absolute atomic E-state index is 11.7. The lowest BCUT2D eigenvalue weighted by atomic mass is 10.0. The van der Waals surface area contributed by atoms with Gasteiger partial charge in [0.05, 0.1) is 6.04 Å². The summed E-state index contributed by atoms with van der Waals surface area (Å²) < 4.78 is 0. The lowest BCUT2D eigenvalue weighted by molar-refractivity contribution is 0.0968. The van der Waals surface area contributed by atoms with Crippen LogP contribution in [-0.4, -0.2) is 11.8 Å². The molecule has 0 amide bonds. The van der Waals surface area contributed by atoms with Gasteiger partial charge < -0.3 is 5.73 Å². The SMILES string of the molecule is CC(N)C(=O)c1ccc(-c2ccccc2)cc1. The van der Waals surface area contributed by atoms with Crippen LogP contribution in [0.3, 0.4) is 0 Å². The van der Waals surface area contributed by atoms with E-state index in [1.54, 1.807) is 6.92 Å². The maximum atomic E-state index is 11.7. The normalized spacial score (nSPS) is 12.1. The highest BCUT2D eigenvalue weighted by atomic mass is 16.1. The molecule has 17 heavy (non-hydrogen) atoms. The highest BCUT2D eigenvalue weighted by molar-refractivity contribution is 6.00. The van der Waals surface area contributed by atoms with Crippen molar-refractivity contribution >= 4 is 5.78 Å². The zero-order valence-corrected chi connectivity index (χ0v) is 9.76. The number of rotatable bonds is 3. The summed E-state index contributed by atoms with van der Waals surface area (Å²) in [4.78, 5) is 11.7. The van der Waals surface area contributed by atoms with Gasteiger partial charge >= 0.3 is 0 Å². The van der Waals surface area contributed by atoms with Gasteiger partial charge in [0, 0.05) is 5.56 Å². The van der Waals surface area contributed by atoms with Gasteiger partial charge in [0.1, 0.15) is 0 Å². The van der Waals surface area contributed by atoms with Gasteiger partial charge in [-0.3, -0.25) is 4.79 Å².